The zero-order valence-corrected chi connectivity index (χ0v) is 10.9. The van der Waals surface area contributed by atoms with Crippen LogP contribution in [0.15, 0.2) is 22.0 Å². The third kappa shape index (κ3) is 3.38. The number of nitrogens with zero attached hydrogens (tertiary/aromatic N) is 2. The average molecular weight is 251 g/mol. The van der Waals surface area contributed by atoms with Crippen molar-refractivity contribution in [1.82, 2.24) is 10.1 Å². The second kappa shape index (κ2) is 5.42. The van der Waals surface area contributed by atoms with E-state index in [1.54, 1.807) is 11.3 Å². The van der Waals surface area contributed by atoms with E-state index in [4.69, 9.17) is 10.3 Å². The van der Waals surface area contributed by atoms with Gasteiger partial charge in [-0.25, -0.2) is 0 Å². The molecule has 0 aromatic carbocycles. The van der Waals surface area contributed by atoms with Crippen LogP contribution in [0.3, 0.4) is 0 Å². The summed E-state index contributed by atoms with van der Waals surface area (Å²) in [6.07, 6.45) is 1.58. The van der Waals surface area contributed by atoms with Crippen LogP contribution in [0.1, 0.15) is 42.9 Å². The first kappa shape index (κ1) is 12.3. The topological polar surface area (TPSA) is 64.9 Å². The van der Waals surface area contributed by atoms with Crippen molar-refractivity contribution in [2.24, 2.45) is 11.7 Å². The lowest BCUT2D eigenvalue weighted by Crippen LogP contribution is -2.13. The Bertz CT molecular complexity index is 450. The summed E-state index contributed by atoms with van der Waals surface area (Å²) >= 11 is 1.69. The first-order valence-electron chi connectivity index (χ1n) is 5.75. The second-order valence-corrected chi connectivity index (χ2v) is 5.57. The predicted octanol–water partition coefficient (Wildman–Crippen LogP) is 2.77. The lowest BCUT2D eigenvalue weighted by Gasteiger charge is -2.08. The van der Waals surface area contributed by atoms with E-state index in [0.29, 0.717) is 17.6 Å². The number of thiophene rings is 1. The summed E-state index contributed by atoms with van der Waals surface area (Å²) in [6.45, 7) is 4.26. The van der Waals surface area contributed by atoms with E-state index in [9.17, 15) is 0 Å². The molecule has 17 heavy (non-hydrogen) atoms. The maximum absolute atomic E-state index is 5.99. The quantitative estimate of drug-likeness (QED) is 0.887. The van der Waals surface area contributed by atoms with Crippen molar-refractivity contribution in [2.75, 3.05) is 0 Å². The van der Waals surface area contributed by atoms with Gasteiger partial charge in [-0.05, 0) is 23.8 Å². The number of hydrogen-bond donors (Lipinski definition) is 1. The summed E-state index contributed by atoms with van der Waals surface area (Å²) in [5, 5.41) is 6.00. The van der Waals surface area contributed by atoms with Crippen LogP contribution in [0.2, 0.25) is 0 Å². The van der Waals surface area contributed by atoms with E-state index < -0.39 is 0 Å². The Morgan fingerprint density at radius 3 is 2.94 bits per heavy atom. The number of hydrogen-bond acceptors (Lipinski definition) is 5. The van der Waals surface area contributed by atoms with Crippen molar-refractivity contribution >= 4 is 11.3 Å². The molecule has 5 heteroatoms. The molecule has 0 spiro atoms. The van der Waals surface area contributed by atoms with Crippen molar-refractivity contribution in [3.05, 3.63) is 34.1 Å². The normalized spacial score (nSPS) is 13.2. The molecule has 2 aromatic rings. The summed E-state index contributed by atoms with van der Waals surface area (Å²) in [4.78, 5) is 5.57. The molecule has 4 nitrogen and oxygen atoms in total. The Balaban J connectivity index is 2.00. The van der Waals surface area contributed by atoms with E-state index in [1.165, 1.54) is 4.88 Å². The van der Waals surface area contributed by atoms with Gasteiger partial charge in [-0.2, -0.15) is 4.98 Å². The van der Waals surface area contributed by atoms with E-state index in [1.807, 2.05) is 11.4 Å². The minimum absolute atomic E-state index is 0.153. The average Bonchev–Trinajstić information content (AvgIpc) is 2.88. The molecular formula is C12H17N3OS. The first-order chi connectivity index (χ1) is 8.15. The monoisotopic (exact) mass is 251 g/mol. The number of rotatable bonds is 5. The molecule has 92 valence electrons. The van der Waals surface area contributed by atoms with E-state index in [0.717, 1.165) is 12.8 Å². The molecule has 0 aliphatic heterocycles. The molecule has 0 saturated carbocycles. The fourth-order valence-corrected chi connectivity index (χ4v) is 2.37. The summed E-state index contributed by atoms with van der Waals surface area (Å²) in [5.41, 5.74) is 5.99. The van der Waals surface area contributed by atoms with Crippen LogP contribution in [0.5, 0.6) is 0 Å². The molecule has 0 saturated heterocycles. The summed E-state index contributed by atoms with van der Waals surface area (Å²) in [5.74, 6) is 1.78. The molecule has 2 rings (SSSR count). The smallest absolute Gasteiger partial charge is 0.243 e. The Labute approximate surface area is 105 Å². The summed E-state index contributed by atoms with van der Waals surface area (Å²) < 4.78 is 5.19. The SMILES string of the molecule is CC(C)C[C@H](N)c1nc(Cc2cccs2)no1. The van der Waals surface area contributed by atoms with Crippen molar-refractivity contribution < 1.29 is 4.52 Å². The van der Waals surface area contributed by atoms with Gasteiger partial charge in [0.15, 0.2) is 5.82 Å². The zero-order valence-electron chi connectivity index (χ0n) is 10.1. The van der Waals surface area contributed by atoms with Crippen molar-refractivity contribution in [1.29, 1.82) is 0 Å². The van der Waals surface area contributed by atoms with Gasteiger partial charge in [-0.15, -0.1) is 11.3 Å². The molecule has 2 heterocycles. The van der Waals surface area contributed by atoms with Gasteiger partial charge in [0.2, 0.25) is 5.89 Å². The fourth-order valence-electron chi connectivity index (χ4n) is 1.67. The van der Waals surface area contributed by atoms with Gasteiger partial charge in [0, 0.05) is 11.3 Å². The highest BCUT2D eigenvalue weighted by atomic mass is 32.1. The van der Waals surface area contributed by atoms with Crippen LogP contribution in [-0.4, -0.2) is 10.1 Å². The summed E-state index contributed by atoms with van der Waals surface area (Å²) in [6, 6.07) is 3.93. The predicted molar refractivity (Wildman–Crippen MR) is 67.8 cm³/mol. The van der Waals surface area contributed by atoms with E-state index >= 15 is 0 Å². The highest BCUT2D eigenvalue weighted by molar-refractivity contribution is 7.09. The summed E-state index contributed by atoms with van der Waals surface area (Å²) in [7, 11) is 0. The molecule has 0 bridgehead atoms. The van der Waals surface area contributed by atoms with Gasteiger partial charge in [0.1, 0.15) is 0 Å². The molecule has 2 N–H and O–H groups in total. The second-order valence-electron chi connectivity index (χ2n) is 4.54. The van der Waals surface area contributed by atoms with Crippen molar-refractivity contribution in [3.8, 4) is 0 Å². The zero-order chi connectivity index (χ0) is 12.3. The maximum atomic E-state index is 5.99. The highest BCUT2D eigenvalue weighted by Gasteiger charge is 2.16. The third-order valence-corrected chi connectivity index (χ3v) is 3.32. The third-order valence-electron chi connectivity index (χ3n) is 2.44. The van der Waals surface area contributed by atoms with Gasteiger partial charge in [-0.3, -0.25) is 0 Å². The molecule has 2 aromatic heterocycles. The van der Waals surface area contributed by atoms with Crippen molar-refractivity contribution in [2.45, 2.75) is 32.7 Å². The van der Waals surface area contributed by atoms with Crippen LogP contribution in [0, 0.1) is 5.92 Å². The largest absolute Gasteiger partial charge is 0.338 e. The molecular weight excluding hydrogens is 234 g/mol. The Kier molecular flexibility index (Phi) is 3.91. The van der Waals surface area contributed by atoms with Gasteiger partial charge < -0.3 is 10.3 Å². The van der Waals surface area contributed by atoms with Crippen LogP contribution in [0.25, 0.3) is 0 Å². The lowest BCUT2D eigenvalue weighted by molar-refractivity contribution is 0.333. The molecule has 0 radical (unpaired) electrons. The van der Waals surface area contributed by atoms with Gasteiger partial charge in [0.25, 0.3) is 0 Å². The van der Waals surface area contributed by atoms with Gasteiger partial charge in [-0.1, -0.05) is 25.1 Å². The van der Waals surface area contributed by atoms with Crippen molar-refractivity contribution in [3.63, 3.8) is 0 Å². The molecule has 0 aliphatic rings. The highest BCUT2D eigenvalue weighted by Crippen LogP contribution is 2.18. The van der Waals surface area contributed by atoms with Crippen LogP contribution in [0.4, 0.5) is 0 Å². The lowest BCUT2D eigenvalue weighted by atomic mass is 10.0. The minimum Gasteiger partial charge on any atom is -0.338 e. The van der Waals surface area contributed by atoms with Gasteiger partial charge in [0.05, 0.1) is 6.04 Å². The molecule has 0 fully saturated rings. The minimum atomic E-state index is -0.153. The van der Waals surface area contributed by atoms with Crippen LogP contribution < -0.4 is 5.73 Å². The number of aromatic nitrogens is 2. The van der Waals surface area contributed by atoms with Gasteiger partial charge >= 0.3 is 0 Å². The van der Waals surface area contributed by atoms with Crippen LogP contribution >= 0.6 is 11.3 Å². The first-order valence-corrected chi connectivity index (χ1v) is 6.63. The van der Waals surface area contributed by atoms with E-state index in [-0.39, 0.29) is 6.04 Å². The fraction of sp³-hybridized carbons (Fsp3) is 0.500. The Hall–Kier alpha value is -1.20. The maximum Gasteiger partial charge on any atom is 0.243 e. The molecule has 0 unspecified atom stereocenters. The Morgan fingerprint density at radius 1 is 1.47 bits per heavy atom. The standard InChI is InChI=1S/C12H17N3OS/c1-8(2)6-10(13)12-14-11(15-16-12)7-9-4-3-5-17-9/h3-5,8,10H,6-7,13H2,1-2H3/t10-/m0/s1. The molecule has 0 amide bonds. The van der Waals surface area contributed by atoms with E-state index in [2.05, 4.69) is 30.1 Å². The number of nitrogens with two attached hydrogens (primary N) is 1. The Morgan fingerprint density at radius 2 is 2.29 bits per heavy atom. The molecule has 0 aliphatic carbocycles. The molecule has 1 atom stereocenters. The van der Waals surface area contributed by atoms with Crippen LogP contribution in [-0.2, 0) is 6.42 Å².